The monoisotopic (exact) mass is 304 g/mol. The summed E-state index contributed by atoms with van der Waals surface area (Å²) in [4.78, 5) is 11.4. The molecule has 21 heavy (non-hydrogen) atoms. The van der Waals surface area contributed by atoms with Gasteiger partial charge >= 0.3 is 0 Å². The molecule has 110 valence electrons. The number of anilines is 1. The summed E-state index contributed by atoms with van der Waals surface area (Å²) in [6, 6.07) is 9.70. The summed E-state index contributed by atoms with van der Waals surface area (Å²) in [5.74, 6) is 0.0204. The zero-order valence-corrected chi connectivity index (χ0v) is 12.7. The zero-order valence-electron chi connectivity index (χ0n) is 11.9. The molecule has 0 radical (unpaired) electrons. The molecule has 3 N–H and O–H groups in total. The van der Waals surface area contributed by atoms with E-state index in [9.17, 15) is 4.79 Å². The van der Waals surface area contributed by atoms with Crippen LogP contribution in [-0.2, 0) is 0 Å². The number of aryl methyl sites for hydroxylation is 1. The Morgan fingerprint density at radius 1 is 1.38 bits per heavy atom. The molecule has 0 spiro atoms. The smallest absolute Gasteiger partial charge is 0.252 e. The highest BCUT2D eigenvalue weighted by Crippen LogP contribution is 2.19. The van der Waals surface area contributed by atoms with Crippen LogP contribution in [0.4, 0.5) is 5.82 Å². The van der Waals surface area contributed by atoms with E-state index in [4.69, 9.17) is 17.3 Å². The molecule has 1 aromatic carbocycles. The topological polar surface area (TPSA) is 80.9 Å². The highest BCUT2D eigenvalue weighted by Gasteiger charge is 2.13. The number of hydrogen-bond donors (Lipinski definition) is 2. The van der Waals surface area contributed by atoms with E-state index in [-0.39, 0.29) is 16.6 Å². The number of carbonyl (C=O) groups excluding carboxylic acids is 1. The molecule has 6 heteroatoms. The summed E-state index contributed by atoms with van der Waals surface area (Å²) in [5.41, 5.74) is 7.98. The van der Waals surface area contributed by atoms with E-state index in [2.05, 4.69) is 47.6 Å². The van der Waals surface area contributed by atoms with Gasteiger partial charge in [-0.15, -0.1) is 10.2 Å². The van der Waals surface area contributed by atoms with Crippen LogP contribution < -0.4 is 11.1 Å². The highest BCUT2D eigenvalue weighted by molar-refractivity contribution is 6.29. The number of nitrogens with two attached hydrogens (primary N) is 1. The van der Waals surface area contributed by atoms with Crippen LogP contribution in [0.1, 0.15) is 34.3 Å². The minimum Gasteiger partial charge on any atom is -0.367 e. The normalized spacial score (nSPS) is 12.0. The Labute approximate surface area is 128 Å². The second kappa shape index (κ2) is 6.54. The van der Waals surface area contributed by atoms with Crippen LogP contribution >= 0.6 is 11.6 Å². The number of nitrogens with zero attached hydrogens (tertiary/aromatic N) is 2. The number of halogens is 1. The molecule has 1 aromatic heterocycles. The number of hydrogen-bond acceptors (Lipinski definition) is 4. The van der Waals surface area contributed by atoms with Crippen molar-refractivity contribution in [1.29, 1.82) is 0 Å². The fraction of sp³-hybridized carbons (Fsp3) is 0.267. The van der Waals surface area contributed by atoms with Crippen LogP contribution in [0.15, 0.2) is 30.3 Å². The lowest BCUT2D eigenvalue weighted by molar-refractivity contribution is 0.100. The lowest BCUT2D eigenvalue weighted by Crippen LogP contribution is -2.18. The van der Waals surface area contributed by atoms with Gasteiger partial charge in [0.2, 0.25) is 0 Å². The van der Waals surface area contributed by atoms with Crippen molar-refractivity contribution >= 4 is 23.3 Å². The lowest BCUT2D eigenvalue weighted by atomic mass is 9.99. The van der Waals surface area contributed by atoms with Crippen molar-refractivity contribution in [3.63, 3.8) is 0 Å². The van der Waals surface area contributed by atoms with Gasteiger partial charge in [0.1, 0.15) is 0 Å². The van der Waals surface area contributed by atoms with E-state index in [1.807, 2.05) is 6.07 Å². The summed E-state index contributed by atoms with van der Waals surface area (Å²) in [6.07, 6.45) is 0. The van der Waals surface area contributed by atoms with Crippen LogP contribution in [0.2, 0.25) is 5.15 Å². The van der Waals surface area contributed by atoms with Gasteiger partial charge < -0.3 is 11.1 Å². The molecule has 1 atom stereocenters. The van der Waals surface area contributed by atoms with Gasteiger partial charge in [0, 0.05) is 6.54 Å². The van der Waals surface area contributed by atoms with Gasteiger partial charge in [-0.05, 0) is 24.5 Å². The number of carbonyl (C=O) groups is 1. The van der Waals surface area contributed by atoms with E-state index < -0.39 is 5.91 Å². The van der Waals surface area contributed by atoms with Gasteiger partial charge in [0.25, 0.3) is 5.91 Å². The minimum atomic E-state index is -0.586. The van der Waals surface area contributed by atoms with E-state index in [1.165, 1.54) is 17.2 Å². The zero-order chi connectivity index (χ0) is 15.4. The highest BCUT2D eigenvalue weighted by atomic mass is 35.5. The van der Waals surface area contributed by atoms with Crippen molar-refractivity contribution in [3.8, 4) is 0 Å². The first-order valence-electron chi connectivity index (χ1n) is 6.61. The molecule has 5 nitrogen and oxygen atoms in total. The summed E-state index contributed by atoms with van der Waals surface area (Å²) >= 11 is 5.73. The second-order valence-corrected chi connectivity index (χ2v) is 5.38. The predicted octanol–water partition coefficient (Wildman–Crippen LogP) is 2.75. The number of benzene rings is 1. The van der Waals surface area contributed by atoms with Crippen molar-refractivity contribution in [3.05, 3.63) is 52.2 Å². The second-order valence-electron chi connectivity index (χ2n) is 4.99. The molecular weight excluding hydrogens is 288 g/mol. The molecule has 0 saturated carbocycles. The van der Waals surface area contributed by atoms with Crippen molar-refractivity contribution in [2.45, 2.75) is 19.8 Å². The molecule has 0 aliphatic rings. The third kappa shape index (κ3) is 3.92. The maximum Gasteiger partial charge on any atom is 0.252 e. The molecule has 0 bridgehead atoms. The fourth-order valence-electron chi connectivity index (χ4n) is 2.03. The molecule has 0 fully saturated rings. The SMILES string of the molecule is Cc1cccc(C(C)CNc2nnc(Cl)cc2C(N)=O)c1. The standard InChI is InChI=1S/C15H17ClN4O/c1-9-4-3-5-11(6-9)10(2)8-18-15-12(14(17)21)7-13(16)19-20-15/h3-7,10H,8H2,1-2H3,(H2,17,21)(H,18,20). The van der Waals surface area contributed by atoms with E-state index in [0.29, 0.717) is 12.4 Å². The van der Waals surface area contributed by atoms with Gasteiger partial charge in [-0.3, -0.25) is 4.79 Å². The van der Waals surface area contributed by atoms with Gasteiger partial charge in [-0.2, -0.15) is 0 Å². The number of amides is 1. The van der Waals surface area contributed by atoms with Gasteiger partial charge in [-0.25, -0.2) is 0 Å². The number of rotatable bonds is 5. The Kier molecular flexibility index (Phi) is 4.75. The van der Waals surface area contributed by atoms with E-state index in [0.717, 1.165) is 0 Å². The molecule has 0 aliphatic heterocycles. The summed E-state index contributed by atoms with van der Waals surface area (Å²) in [7, 11) is 0. The van der Waals surface area contributed by atoms with Crippen LogP contribution in [0.25, 0.3) is 0 Å². The number of nitrogens with one attached hydrogen (secondary N) is 1. The van der Waals surface area contributed by atoms with E-state index >= 15 is 0 Å². The maximum absolute atomic E-state index is 11.4. The van der Waals surface area contributed by atoms with Crippen LogP contribution in [0.3, 0.4) is 0 Å². The van der Waals surface area contributed by atoms with Crippen molar-refractivity contribution < 1.29 is 4.79 Å². The number of aromatic nitrogens is 2. The summed E-state index contributed by atoms with van der Waals surface area (Å²) in [6.45, 7) is 4.76. The maximum atomic E-state index is 11.4. The molecule has 1 heterocycles. The Hall–Kier alpha value is -2.14. The van der Waals surface area contributed by atoms with Crippen molar-refractivity contribution in [2.24, 2.45) is 5.73 Å². The Balaban J connectivity index is 2.11. The molecular formula is C15H17ClN4O. The van der Waals surface area contributed by atoms with Crippen LogP contribution in [-0.4, -0.2) is 22.6 Å². The molecule has 1 amide bonds. The first-order chi connectivity index (χ1) is 9.97. The third-order valence-electron chi connectivity index (χ3n) is 3.22. The van der Waals surface area contributed by atoms with E-state index in [1.54, 1.807) is 0 Å². The van der Waals surface area contributed by atoms with Gasteiger partial charge in [0.15, 0.2) is 11.0 Å². The van der Waals surface area contributed by atoms with Crippen molar-refractivity contribution in [1.82, 2.24) is 10.2 Å². The minimum absolute atomic E-state index is 0.140. The first-order valence-corrected chi connectivity index (χ1v) is 6.98. The quantitative estimate of drug-likeness (QED) is 0.890. The number of primary amides is 1. The lowest BCUT2D eigenvalue weighted by Gasteiger charge is -2.15. The average molecular weight is 305 g/mol. The Morgan fingerprint density at radius 2 is 2.14 bits per heavy atom. The molecule has 0 aliphatic carbocycles. The fourth-order valence-corrected chi connectivity index (χ4v) is 2.18. The van der Waals surface area contributed by atoms with Crippen LogP contribution in [0.5, 0.6) is 0 Å². The van der Waals surface area contributed by atoms with Crippen molar-refractivity contribution in [2.75, 3.05) is 11.9 Å². The van der Waals surface area contributed by atoms with Crippen LogP contribution in [0, 0.1) is 6.92 Å². The van der Waals surface area contributed by atoms with Gasteiger partial charge in [-0.1, -0.05) is 48.4 Å². The predicted molar refractivity (Wildman–Crippen MR) is 83.6 cm³/mol. The Morgan fingerprint density at radius 3 is 2.81 bits per heavy atom. The molecule has 1 unspecified atom stereocenters. The molecule has 2 aromatic rings. The van der Waals surface area contributed by atoms with Gasteiger partial charge in [0.05, 0.1) is 5.56 Å². The molecule has 0 saturated heterocycles. The summed E-state index contributed by atoms with van der Waals surface area (Å²) < 4.78 is 0. The third-order valence-corrected chi connectivity index (χ3v) is 3.40. The largest absolute Gasteiger partial charge is 0.367 e. The summed E-state index contributed by atoms with van der Waals surface area (Å²) in [5, 5.41) is 10.9. The first kappa shape index (κ1) is 15.3. The molecule has 2 rings (SSSR count). The average Bonchev–Trinajstić information content (AvgIpc) is 2.45. The Bertz CT molecular complexity index is 660.